The summed E-state index contributed by atoms with van der Waals surface area (Å²) in [5.74, 6) is -0.197. The lowest BCUT2D eigenvalue weighted by Crippen LogP contribution is -2.06. The summed E-state index contributed by atoms with van der Waals surface area (Å²) in [6.07, 6.45) is -0.254. The number of nitrogens with zero attached hydrogens (tertiary/aromatic N) is 3. The molecule has 1 fully saturated rings. The summed E-state index contributed by atoms with van der Waals surface area (Å²) < 4.78 is 28.4. The van der Waals surface area contributed by atoms with Crippen LogP contribution < -0.4 is 0 Å². The van der Waals surface area contributed by atoms with Gasteiger partial charge in [0.05, 0.1) is 18.5 Å². The van der Waals surface area contributed by atoms with Crippen LogP contribution in [0.4, 0.5) is 0 Å². The van der Waals surface area contributed by atoms with Crippen molar-refractivity contribution >= 4 is 10.0 Å². The first kappa shape index (κ1) is 7.33. The van der Waals surface area contributed by atoms with Gasteiger partial charge in [0.1, 0.15) is 0 Å². The maximum absolute atomic E-state index is 10.6. The first-order valence-corrected chi connectivity index (χ1v) is 4.15. The molecule has 56 valence electrons. The highest BCUT2D eigenvalue weighted by Crippen LogP contribution is 2.12. The van der Waals surface area contributed by atoms with E-state index in [4.69, 9.17) is 5.53 Å². The molecular formula is C3H5N3O3S. The molecule has 1 unspecified atom stereocenters. The van der Waals surface area contributed by atoms with E-state index < -0.39 is 10.0 Å². The summed E-state index contributed by atoms with van der Waals surface area (Å²) >= 11 is 0. The number of epoxide rings is 1. The molecule has 0 N–H and O–H groups in total. The predicted molar refractivity (Wildman–Crippen MR) is 32.7 cm³/mol. The molecule has 0 spiro atoms. The Bertz CT molecular complexity index is 261. The quantitative estimate of drug-likeness (QED) is 0.254. The van der Waals surface area contributed by atoms with E-state index in [1.807, 2.05) is 0 Å². The monoisotopic (exact) mass is 163 g/mol. The highest BCUT2D eigenvalue weighted by atomic mass is 32.2. The average molecular weight is 163 g/mol. The highest BCUT2D eigenvalue weighted by Gasteiger charge is 2.28. The fourth-order valence-corrected chi connectivity index (χ4v) is 1.33. The summed E-state index contributed by atoms with van der Waals surface area (Å²) in [7, 11) is -3.59. The van der Waals surface area contributed by atoms with Crippen molar-refractivity contribution in [3.05, 3.63) is 10.4 Å². The summed E-state index contributed by atoms with van der Waals surface area (Å²) in [5.41, 5.74) is 7.77. The van der Waals surface area contributed by atoms with Crippen molar-refractivity contribution in [3.63, 3.8) is 0 Å². The topological polar surface area (TPSA) is 95.4 Å². The number of sulfonamides is 1. The van der Waals surface area contributed by atoms with E-state index >= 15 is 0 Å². The van der Waals surface area contributed by atoms with Gasteiger partial charge in [-0.15, -0.1) is 0 Å². The molecule has 0 bridgehead atoms. The van der Waals surface area contributed by atoms with Crippen LogP contribution in [0.3, 0.4) is 0 Å². The zero-order chi connectivity index (χ0) is 7.61. The van der Waals surface area contributed by atoms with Crippen molar-refractivity contribution in [1.29, 1.82) is 0 Å². The van der Waals surface area contributed by atoms with Crippen LogP contribution in [-0.4, -0.2) is 26.9 Å². The molecule has 0 radical (unpaired) electrons. The van der Waals surface area contributed by atoms with Crippen molar-refractivity contribution < 1.29 is 13.2 Å². The number of hydrogen-bond donors (Lipinski definition) is 0. The van der Waals surface area contributed by atoms with Crippen LogP contribution >= 0.6 is 0 Å². The molecule has 0 aromatic carbocycles. The second kappa shape index (κ2) is 2.45. The molecular weight excluding hydrogens is 158 g/mol. The third-order valence-corrected chi connectivity index (χ3v) is 2.07. The van der Waals surface area contributed by atoms with Crippen LogP contribution in [0, 0.1) is 0 Å². The second-order valence-corrected chi connectivity index (χ2v) is 3.54. The lowest BCUT2D eigenvalue weighted by Gasteiger charge is -1.87. The Kier molecular flexibility index (Phi) is 1.80. The number of azide groups is 1. The first-order valence-electron chi connectivity index (χ1n) is 2.55. The Balaban J connectivity index is 2.58. The Hall–Kier alpha value is -0.780. The van der Waals surface area contributed by atoms with E-state index in [-0.39, 0.29) is 11.9 Å². The lowest BCUT2D eigenvalue weighted by molar-refractivity contribution is 0.422. The van der Waals surface area contributed by atoms with Crippen molar-refractivity contribution in [2.45, 2.75) is 6.10 Å². The first-order chi connectivity index (χ1) is 4.64. The van der Waals surface area contributed by atoms with Gasteiger partial charge in [-0.25, -0.2) is 8.42 Å². The highest BCUT2D eigenvalue weighted by molar-refractivity contribution is 7.90. The molecule has 1 aliphatic rings. The largest absolute Gasteiger partial charge is 0.372 e. The van der Waals surface area contributed by atoms with E-state index in [2.05, 4.69) is 14.2 Å². The minimum absolute atomic E-state index is 0.197. The van der Waals surface area contributed by atoms with E-state index in [0.717, 1.165) is 0 Å². The van der Waals surface area contributed by atoms with Gasteiger partial charge in [-0.05, 0) is 5.53 Å². The Morgan fingerprint density at radius 3 is 2.80 bits per heavy atom. The van der Waals surface area contributed by atoms with Gasteiger partial charge in [-0.2, -0.15) is 0 Å². The fourth-order valence-electron chi connectivity index (χ4n) is 0.488. The van der Waals surface area contributed by atoms with Gasteiger partial charge >= 0.3 is 0 Å². The second-order valence-electron chi connectivity index (χ2n) is 1.88. The summed E-state index contributed by atoms with van der Waals surface area (Å²) in [5, 5.41) is 0. The van der Waals surface area contributed by atoms with Gasteiger partial charge < -0.3 is 4.74 Å². The minimum Gasteiger partial charge on any atom is -0.372 e. The van der Waals surface area contributed by atoms with E-state index in [1.165, 1.54) is 0 Å². The molecule has 0 aromatic rings. The molecule has 1 saturated heterocycles. The smallest absolute Gasteiger partial charge is 0.238 e. The van der Waals surface area contributed by atoms with Crippen LogP contribution in [0.25, 0.3) is 10.4 Å². The minimum atomic E-state index is -3.59. The SMILES string of the molecule is [N-]=[N+]=NS(=O)(=O)CC1CO1. The number of hydrogen-bond acceptors (Lipinski definition) is 3. The van der Waals surface area contributed by atoms with Gasteiger partial charge in [0.25, 0.3) is 0 Å². The summed E-state index contributed by atoms with van der Waals surface area (Å²) in [6.45, 7) is 0.445. The Morgan fingerprint density at radius 2 is 2.40 bits per heavy atom. The molecule has 1 atom stereocenters. The third kappa shape index (κ3) is 2.22. The van der Waals surface area contributed by atoms with Crippen molar-refractivity contribution in [2.75, 3.05) is 12.4 Å². The van der Waals surface area contributed by atoms with Crippen LogP contribution in [0.1, 0.15) is 0 Å². The van der Waals surface area contributed by atoms with Gasteiger partial charge in [-0.3, -0.25) is 0 Å². The number of rotatable bonds is 3. The van der Waals surface area contributed by atoms with Gasteiger partial charge in [0.15, 0.2) is 0 Å². The van der Waals surface area contributed by atoms with E-state index in [0.29, 0.717) is 6.61 Å². The van der Waals surface area contributed by atoms with E-state index in [9.17, 15) is 8.42 Å². The van der Waals surface area contributed by atoms with Crippen LogP contribution in [-0.2, 0) is 14.8 Å². The zero-order valence-corrected chi connectivity index (χ0v) is 5.78. The zero-order valence-electron chi connectivity index (χ0n) is 4.97. The Morgan fingerprint density at radius 1 is 1.80 bits per heavy atom. The average Bonchev–Trinajstić information content (AvgIpc) is 2.48. The molecule has 0 aromatic heterocycles. The molecule has 6 nitrogen and oxygen atoms in total. The molecule has 0 amide bonds. The third-order valence-electron chi connectivity index (χ3n) is 0.960. The van der Waals surface area contributed by atoms with Gasteiger partial charge in [0.2, 0.25) is 10.0 Å². The molecule has 7 heteroatoms. The molecule has 10 heavy (non-hydrogen) atoms. The normalized spacial score (nSPS) is 23.4. The molecule has 0 saturated carbocycles. The maximum atomic E-state index is 10.6. The molecule has 1 heterocycles. The molecule has 1 rings (SSSR count). The van der Waals surface area contributed by atoms with Crippen molar-refractivity contribution in [2.24, 2.45) is 4.52 Å². The molecule has 1 aliphatic heterocycles. The van der Waals surface area contributed by atoms with Gasteiger partial charge in [-0.1, -0.05) is 0 Å². The maximum Gasteiger partial charge on any atom is 0.238 e. The van der Waals surface area contributed by atoms with Crippen molar-refractivity contribution in [1.82, 2.24) is 0 Å². The van der Waals surface area contributed by atoms with Gasteiger partial charge in [0, 0.05) is 9.43 Å². The number of ether oxygens (including phenoxy) is 1. The lowest BCUT2D eigenvalue weighted by atomic mass is 10.6. The fraction of sp³-hybridized carbons (Fsp3) is 1.00. The molecule has 0 aliphatic carbocycles. The standard InChI is InChI=1S/C3H5N3O3S/c4-5-6-10(7,8)2-3-1-9-3/h3H,1-2H2. The van der Waals surface area contributed by atoms with Crippen molar-refractivity contribution in [3.8, 4) is 0 Å². The summed E-state index contributed by atoms with van der Waals surface area (Å²) in [6, 6.07) is 0. The van der Waals surface area contributed by atoms with Crippen LogP contribution in [0.2, 0.25) is 0 Å². The predicted octanol–water partition coefficient (Wildman–Crippen LogP) is 0.0253. The summed E-state index contributed by atoms with van der Waals surface area (Å²) in [4.78, 5) is 2.17. The van der Waals surface area contributed by atoms with Crippen LogP contribution in [0.5, 0.6) is 0 Å². The van der Waals surface area contributed by atoms with Crippen LogP contribution in [0.15, 0.2) is 4.52 Å². The van der Waals surface area contributed by atoms with E-state index in [1.54, 1.807) is 0 Å². The Labute approximate surface area is 57.5 Å².